The Morgan fingerprint density at radius 3 is 3.00 bits per heavy atom. The van der Waals surface area contributed by atoms with Crippen molar-refractivity contribution in [2.75, 3.05) is 19.4 Å². The number of allylic oxidation sites excluding steroid dienone is 1. The minimum atomic E-state index is -0.412. The van der Waals surface area contributed by atoms with E-state index in [4.69, 9.17) is 0 Å². The molecule has 0 bridgehead atoms. The highest BCUT2D eigenvalue weighted by molar-refractivity contribution is 5.90. The number of aromatic nitrogens is 3. The summed E-state index contributed by atoms with van der Waals surface area (Å²) in [7, 11) is 3.76. The largest absolute Gasteiger partial charge is 0.383 e. The second-order valence-corrected chi connectivity index (χ2v) is 4.36. The fourth-order valence-corrected chi connectivity index (χ4v) is 1.48. The highest BCUT2D eigenvalue weighted by Gasteiger charge is 2.06. The standard InChI is InChI=1S/C13H16N6O/c1-9(5-7-19(2)3)15-13(20)18-12-16-10-4-6-14-8-11(10)17-12/h4-8H,1H2,2-3H3,(H3,15,16,17,18,20)/b7-5-. The lowest BCUT2D eigenvalue weighted by Gasteiger charge is -2.07. The first-order valence-corrected chi connectivity index (χ1v) is 5.96. The first-order valence-electron chi connectivity index (χ1n) is 5.96. The molecule has 0 radical (unpaired) electrons. The fourth-order valence-electron chi connectivity index (χ4n) is 1.48. The molecule has 104 valence electrons. The number of hydrogen-bond donors (Lipinski definition) is 3. The van der Waals surface area contributed by atoms with Crippen LogP contribution in [0.2, 0.25) is 0 Å². The highest BCUT2D eigenvalue weighted by Crippen LogP contribution is 2.11. The summed E-state index contributed by atoms with van der Waals surface area (Å²) in [5.74, 6) is 0.356. The molecule has 7 heteroatoms. The molecule has 2 heterocycles. The number of rotatable bonds is 4. The van der Waals surface area contributed by atoms with E-state index in [0.717, 1.165) is 11.0 Å². The molecule has 0 spiro atoms. The van der Waals surface area contributed by atoms with Gasteiger partial charge in [-0.1, -0.05) is 6.58 Å². The number of nitrogens with zero attached hydrogens (tertiary/aromatic N) is 3. The Balaban J connectivity index is 1.96. The van der Waals surface area contributed by atoms with Crippen molar-refractivity contribution in [2.45, 2.75) is 0 Å². The molecule has 0 saturated carbocycles. The van der Waals surface area contributed by atoms with Gasteiger partial charge in [-0.3, -0.25) is 10.3 Å². The summed E-state index contributed by atoms with van der Waals surface area (Å²) in [4.78, 5) is 24.7. The van der Waals surface area contributed by atoms with Crippen LogP contribution in [-0.2, 0) is 0 Å². The van der Waals surface area contributed by atoms with Crippen LogP contribution >= 0.6 is 0 Å². The number of anilines is 1. The van der Waals surface area contributed by atoms with Crippen molar-refractivity contribution in [1.29, 1.82) is 0 Å². The molecular formula is C13H16N6O. The van der Waals surface area contributed by atoms with Gasteiger partial charge in [0.2, 0.25) is 5.95 Å². The lowest BCUT2D eigenvalue weighted by Crippen LogP contribution is -2.27. The number of carbonyl (C=O) groups is 1. The number of carbonyl (C=O) groups excluding carboxylic acids is 1. The van der Waals surface area contributed by atoms with Gasteiger partial charge in [0.1, 0.15) is 0 Å². The van der Waals surface area contributed by atoms with Crippen LogP contribution in [-0.4, -0.2) is 40.0 Å². The number of H-pyrrole nitrogens is 1. The Morgan fingerprint density at radius 1 is 1.50 bits per heavy atom. The van der Waals surface area contributed by atoms with Crippen molar-refractivity contribution in [3.8, 4) is 0 Å². The Morgan fingerprint density at radius 2 is 2.30 bits per heavy atom. The molecule has 0 unspecified atom stereocenters. The number of amides is 2. The third-order valence-electron chi connectivity index (χ3n) is 2.36. The molecular weight excluding hydrogens is 256 g/mol. The van der Waals surface area contributed by atoms with Crippen molar-refractivity contribution in [3.05, 3.63) is 43.0 Å². The van der Waals surface area contributed by atoms with Crippen LogP contribution in [0.15, 0.2) is 43.0 Å². The SMILES string of the molecule is C=C(/C=C\N(C)C)NC(=O)Nc1nc2ccncc2[nH]1. The van der Waals surface area contributed by atoms with Gasteiger partial charge in [-0.25, -0.2) is 9.78 Å². The lowest BCUT2D eigenvalue weighted by molar-refractivity contribution is 0.254. The smallest absolute Gasteiger partial charge is 0.325 e. The number of fused-ring (bicyclic) bond motifs is 1. The second-order valence-electron chi connectivity index (χ2n) is 4.36. The number of pyridine rings is 1. The van der Waals surface area contributed by atoms with Crippen molar-refractivity contribution < 1.29 is 4.79 Å². The molecule has 0 aliphatic heterocycles. The summed E-state index contributed by atoms with van der Waals surface area (Å²) in [5.41, 5.74) is 1.98. The van der Waals surface area contributed by atoms with Crippen LogP contribution in [0.1, 0.15) is 0 Å². The summed E-state index contributed by atoms with van der Waals surface area (Å²) in [6.45, 7) is 3.72. The molecule has 20 heavy (non-hydrogen) atoms. The molecule has 0 saturated heterocycles. The predicted molar refractivity (Wildman–Crippen MR) is 78.0 cm³/mol. The van der Waals surface area contributed by atoms with E-state index in [9.17, 15) is 4.79 Å². The molecule has 2 rings (SSSR count). The summed E-state index contributed by atoms with van der Waals surface area (Å²) in [6, 6.07) is 1.35. The van der Waals surface area contributed by atoms with Crippen LogP contribution in [0.4, 0.5) is 10.7 Å². The van der Waals surface area contributed by atoms with E-state index < -0.39 is 6.03 Å². The quantitative estimate of drug-likeness (QED) is 0.739. The van der Waals surface area contributed by atoms with Gasteiger partial charge in [0.05, 0.1) is 17.2 Å². The van der Waals surface area contributed by atoms with Crippen molar-refractivity contribution in [3.63, 3.8) is 0 Å². The third kappa shape index (κ3) is 3.58. The van der Waals surface area contributed by atoms with Gasteiger partial charge in [-0.05, 0) is 12.1 Å². The first kappa shape index (κ1) is 13.6. The zero-order valence-electron chi connectivity index (χ0n) is 11.3. The van der Waals surface area contributed by atoms with Crippen molar-refractivity contribution in [2.24, 2.45) is 0 Å². The number of nitrogens with one attached hydrogen (secondary N) is 3. The van der Waals surface area contributed by atoms with Gasteiger partial charge < -0.3 is 15.2 Å². The zero-order chi connectivity index (χ0) is 14.5. The molecule has 0 fully saturated rings. The topological polar surface area (TPSA) is 85.9 Å². The van der Waals surface area contributed by atoms with Gasteiger partial charge in [0.25, 0.3) is 0 Å². The average Bonchev–Trinajstić information content (AvgIpc) is 2.78. The van der Waals surface area contributed by atoms with Gasteiger partial charge in [-0.2, -0.15) is 0 Å². The van der Waals surface area contributed by atoms with Crippen molar-refractivity contribution in [1.82, 2.24) is 25.2 Å². The van der Waals surface area contributed by atoms with E-state index >= 15 is 0 Å². The molecule has 3 N–H and O–H groups in total. The Hall–Kier alpha value is -2.83. The number of hydrogen-bond acceptors (Lipinski definition) is 4. The lowest BCUT2D eigenvalue weighted by atomic mass is 10.4. The zero-order valence-corrected chi connectivity index (χ0v) is 11.3. The van der Waals surface area contributed by atoms with E-state index in [2.05, 4.69) is 32.2 Å². The summed E-state index contributed by atoms with van der Waals surface area (Å²) < 4.78 is 0. The maximum absolute atomic E-state index is 11.7. The second kappa shape index (κ2) is 5.87. The van der Waals surface area contributed by atoms with Gasteiger partial charge in [-0.15, -0.1) is 0 Å². The van der Waals surface area contributed by atoms with Crippen LogP contribution in [0.3, 0.4) is 0 Å². The highest BCUT2D eigenvalue weighted by atomic mass is 16.2. The Labute approximate surface area is 116 Å². The molecule has 2 amide bonds. The summed E-state index contributed by atoms with van der Waals surface area (Å²) in [6.07, 6.45) is 6.77. The molecule has 0 atom stereocenters. The van der Waals surface area contributed by atoms with Crippen LogP contribution < -0.4 is 10.6 Å². The van der Waals surface area contributed by atoms with E-state index in [-0.39, 0.29) is 0 Å². The van der Waals surface area contributed by atoms with Crippen LogP contribution in [0.25, 0.3) is 11.0 Å². The van der Waals surface area contributed by atoms with Gasteiger partial charge >= 0.3 is 6.03 Å². The molecule has 0 aromatic carbocycles. The predicted octanol–water partition coefficient (Wildman–Crippen LogP) is 1.67. The molecule has 0 aliphatic carbocycles. The maximum atomic E-state index is 11.7. The Kier molecular flexibility index (Phi) is 3.99. The van der Waals surface area contributed by atoms with E-state index in [1.165, 1.54) is 0 Å². The molecule has 0 aliphatic rings. The minimum absolute atomic E-state index is 0.356. The van der Waals surface area contributed by atoms with Crippen LogP contribution in [0, 0.1) is 0 Å². The van der Waals surface area contributed by atoms with Crippen LogP contribution in [0.5, 0.6) is 0 Å². The molecule has 2 aromatic heterocycles. The van der Waals surface area contributed by atoms with Crippen molar-refractivity contribution >= 4 is 23.0 Å². The summed E-state index contributed by atoms with van der Waals surface area (Å²) in [5, 5.41) is 5.19. The molecule has 7 nitrogen and oxygen atoms in total. The normalized spacial score (nSPS) is 10.7. The molecule has 2 aromatic rings. The number of aromatic amines is 1. The van der Waals surface area contributed by atoms with Gasteiger partial charge in [0.15, 0.2) is 0 Å². The average molecular weight is 272 g/mol. The third-order valence-corrected chi connectivity index (χ3v) is 2.36. The van der Waals surface area contributed by atoms with Gasteiger partial charge in [0, 0.05) is 32.2 Å². The first-order chi connectivity index (χ1) is 9.54. The number of imidazole rings is 1. The van der Waals surface area contributed by atoms with E-state index in [1.807, 2.05) is 19.0 Å². The maximum Gasteiger partial charge on any atom is 0.325 e. The van der Waals surface area contributed by atoms with E-state index in [1.54, 1.807) is 30.7 Å². The minimum Gasteiger partial charge on any atom is -0.383 e. The fraction of sp³-hybridized carbons (Fsp3) is 0.154. The summed E-state index contributed by atoms with van der Waals surface area (Å²) >= 11 is 0. The van der Waals surface area contributed by atoms with E-state index in [0.29, 0.717) is 11.6 Å². The number of urea groups is 1. The Bertz CT molecular complexity index is 625. The monoisotopic (exact) mass is 272 g/mol.